The van der Waals surface area contributed by atoms with Crippen LogP contribution >= 0.6 is 11.8 Å². The van der Waals surface area contributed by atoms with Crippen LogP contribution < -0.4 is 5.32 Å². The van der Waals surface area contributed by atoms with Crippen LogP contribution in [-0.2, 0) is 6.54 Å². The van der Waals surface area contributed by atoms with E-state index < -0.39 is 0 Å². The van der Waals surface area contributed by atoms with E-state index in [2.05, 4.69) is 54.6 Å². The Labute approximate surface area is 109 Å². The molecule has 1 aromatic rings. The zero-order valence-electron chi connectivity index (χ0n) is 10.9. The van der Waals surface area contributed by atoms with E-state index >= 15 is 0 Å². The summed E-state index contributed by atoms with van der Waals surface area (Å²) < 4.78 is 0. The van der Waals surface area contributed by atoms with Crippen molar-refractivity contribution in [1.82, 2.24) is 10.2 Å². The van der Waals surface area contributed by atoms with Gasteiger partial charge in [0.25, 0.3) is 0 Å². The van der Waals surface area contributed by atoms with Crippen LogP contribution in [0.3, 0.4) is 0 Å². The maximum atomic E-state index is 3.47. The molecule has 1 aliphatic heterocycles. The molecule has 0 radical (unpaired) electrons. The lowest BCUT2D eigenvalue weighted by atomic mass is 10.1. The van der Waals surface area contributed by atoms with Gasteiger partial charge in [-0.25, -0.2) is 0 Å². The molecule has 1 heterocycles. The monoisotopic (exact) mass is 250 g/mol. The van der Waals surface area contributed by atoms with E-state index in [1.54, 1.807) is 11.8 Å². The van der Waals surface area contributed by atoms with Gasteiger partial charge in [0.2, 0.25) is 0 Å². The van der Waals surface area contributed by atoms with Gasteiger partial charge < -0.3 is 5.32 Å². The Morgan fingerprint density at radius 2 is 1.76 bits per heavy atom. The van der Waals surface area contributed by atoms with Crippen LogP contribution in [0.15, 0.2) is 29.2 Å². The molecule has 3 heteroatoms. The molecule has 17 heavy (non-hydrogen) atoms. The number of hydrogen-bond donors (Lipinski definition) is 1. The molecule has 1 N–H and O–H groups in total. The molecule has 0 amide bonds. The number of benzene rings is 1. The van der Waals surface area contributed by atoms with Crippen LogP contribution in [0, 0.1) is 0 Å². The predicted molar refractivity (Wildman–Crippen MR) is 75.6 cm³/mol. The summed E-state index contributed by atoms with van der Waals surface area (Å²) in [6.07, 6.45) is 2.12. The van der Waals surface area contributed by atoms with Gasteiger partial charge in [0, 0.05) is 36.6 Å². The van der Waals surface area contributed by atoms with Crippen LogP contribution in [0.5, 0.6) is 0 Å². The van der Waals surface area contributed by atoms with E-state index in [4.69, 9.17) is 0 Å². The van der Waals surface area contributed by atoms with Crippen molar-refractivity contribution >= 4 is 11.8 Å². The van der Waals surface area contributed by atoms with Crippen molar-refractivity contribution in [2.45, 2.75) is 37.4 Å². The summed E-state index contributed by atoms with van der Waals surface area (Å²) in [6.45, 7) is 7.89. The van der Waals surface area contributed by atoms with E-state index in [0.717, 1.165) is 19.6 Å². The van der Waals surface area contributed by atoms with Crippen LogP contribution in [0.1, 0.15) is 19.4 Å². The van der Waals surface area contributed by atoms with Crippen molar-refractivity contribution in [3.8, 4) is 0 Å². The van der Waals surface area contributed by atoms with E-state index in [0.29, 0.717) is 12.1 Å². The first-order valence-corrected chi connectivity index (χ1v) is 7.52. The summed E-state index contributed by atoms with van der Waals surface area (Å²) in [7, 11) is 0. The molecule has 0 spiro atoms. The topological polar surface area (TPSA) is 15.3 Å². The van der Waals surface area contributed by atoms with Crippen LogP contribution in [-0.4, -0.2) is 36.3 Å². The van der Waals surface area contributed by atoms with Gasteiger partial charge in [-0.2, -0.15) is 0 Å². The van der Waals surface area contributed by atoms with Crippen LogP contribution in [0.25, 0.3) is 0 Å². The number of thioether (sulfide) groups is 1. The Kier molecular flexibility index (Phi) is 4.48. The van der Waals surface area contributed by atoms with Gasteiger partial charge in [0.1, 0.15) is 0 Å². The fourth-order valence-corrected chi connectivity index (χ4v) is 2.83. The summed E-state index contributed by atoms with van der Waals surface area (Å²) in [4.78, 5) is 3.93. The highest BCUT2D eigenvalue weighted by atomic mass is 32.2. The molecule has 1 aliphatic rings. The molecule has 1 fully saturated rings. The number of nitrogens with one attached hydrogen (secondary N) is 1. The Bertz CT molecular complexity index is 340. The second-order valence-corrected chi connectivity index (χ2v) is 5.76. The summed E-state index contributed by atoms with van der Waals surface area (Å²) in [5.41, 5.74) is 1.42. The van der Waals surface area contributed by atoms with Gasteiger partial charge in [-0.1, -0.05) is 12.1 Å². The summed E-state index contributed by atoms with van der Waals surface area (Å²) >= 11 is 1.80. The Morgan fingerprint density at radius 1 is 1.18 bits per heavy atom. The molecule has 1 saturated heterocycles. The van der Waals surface area contributed by atoms with E-state index in [1.165, 1.54) is 10.5 Å². The van der Waals surface area contributed by atoms with Crippen molar-refractivity contribution in [2.24, 2.45) is 0 Å². The molecular formula is C14H22N2S. The lowest BCUT2D eigenvalue weighted by molar-refractivity contribution is 0.109. The quantitative estimate of drug-likeness (QED) is 0.830. The van der Waals surface area contributed by atoms with Gasteiger partial charge in [-0.15, -0.1) is 11.8 Å². The largest absolute Gasteiger partial charge is 0.314 e. The molecule has 0 aromatic heterocycles. The van der Waals surface area contributed by atoms with Crippen molar-refractivity contribution in [3.05, 3.63) is 29.8 Å². The number of piperazine rings is 1. The molecule has 0 aliphatic carbocycles. The highest BCUT2D eigenvalue weighted by Gasteiger charge is 2.23. The fourth-order valence-electron chi connectivity index (χ4n) is 2.42. The average Bonchev–Trinajstić information content (AvgIpc) is 2.35. The minimum atomic E-state index is 0.624. The minimum absolute atomic E-state index is 0.624. The van der Waals surface area contributed by atoms with Crippen LogP contribution in [0.4, 0.5) is 0 Å². The second-order valence-electron chi connectivity index (χ2n) is 4.88. The Morgan fingerprint density at radius 3 is 2.29 bits per heavy atom. The van der Waals surface area contributed by atoms with Gasteiger partial charge in [0.05, 0.1) is 0 Å². The summed E-state index contributed by atoms with van der Waals surface area (Å²) in [5, 5.41) is 3.47. The minimum Gasteiger partial charge on any atom is -0.314 e. The Hall–Kier alpha value is -0.510. The van der Waals surface area contributed by atoms with Crippen molar-refractivity contribution in [1.29, 1.82) is 0 Å². The number of nitrogens with zero attached hydrogens (tertiary/aromatic N) is 1. The highest BCUT2D eigenvalue weighted by Crippen LogP contribution is 2.18. The number of rotatable bonds is 3. The third kappa shape index (κ3) is 3.24. The molecule has 2 nitrogen and oxygen atoms in total. The summed E-state index contributed by atoms with van der Waals surface area (Å²) in [6, 6.07) is 10.2. The molecule has 2 atom stereocenters. The molecular weight excluding hydrogens is 228 g/mol. The van der Waals surface area contributed by atoms with Gasteiger partial charge >= 0.3 is 0 Å². The summed E-state index contributed by atoms with van der Waals surface area (Å²) in [5.74, 6) is 0. The van der Waals surface area contributed by atoms with Crippen molar-refractivity contribution in [3.63, 3.8) is 0 Å². The van der Waals surface area contributed by atoms with Gasteiger partial charge in [-0.3, -0.25) is 4.90 Å². The molecule has 2 rings (SSSR count). The number of hydrogen-bond acceptors (Lipinski definition) is 3. The molecule has 0 bridgehead atoms. The lowest BCUT2D eigenvalue weighted by Gasteiger charge is -2.39. The zero-order valence-corrected chi connectivity index (χ0v) is 11.8. The smallest absolute Gasteiger partial charge is 0.0240 e. The first-order chi connectivity index (χ1) is 8.20. The lowest BCUT2D eigenvalue weighted by Crippen LogP contribution is -2.54. The second kappa shape index (κ2) is 5.89. The van der Waals surface area contributed by atoms with E-state index in [9.17, 15) is 0 Å². The maximum absolute atomic E-state index is 3.47. The van der Waals surface area contributed by atoms with Gasteiger partial charge in [-0.05, 0) is 37.8 Å². The maximum Gasteiger partial charge on any atom is 0.0240 e. The molecule has 0 saturated carbocycles. The molecule has 1 aromatic carbocycles. The molecule has 2 unspecified atom stereocenters. The Balaban J connectivity index is 2.03. The standard InChI is InChI=1S/C14H22N2S/c1-11-8-15-9-12(2)16(11)10-13-4-6-14(17-3)7-5-13/h4-7,11-12,15H,8-10H2,1-3H3. The fraction of sp³-hybridized carbons (Fsp3) is 0.571. The normalized spacial score (nSPS) is 26.1. The average molecular weight is 250 g/mol. The molecule has 94 valence electrons. The van der Waals surface area contributed by atoms with Crippen molar-refractivity contribution < 1.29 is 0 Å². The third-order valence-corrected chi connectivity index (χ3v) is 4.28. The predicted octanol–water partition coefficient (Wildman–Crippen LogP) is 2.59. The SMILES string of the molecule is CSc1ccc(CN2C(C)CNCC2C)cc1. The first kappa shape index (κ1) is 12.9. The zero-order chi connectivity index (χ0) is 12.3. The van der Waals surface area contributed by atoms with Crippen LogP contribution in [0.2, 0.25) is 0 Å². The third-order valence-electron chi connectivity index (χ3n) is 3.54. The first-order valence-electron chi connectivity index (χ1n) is 6.30. The van der Waals surface area contributed by atoms with Gasteiger partial charge in [0.15, 0.2) is 0 Å². The highest BCUT2D eigenvalue weighted by molar-refractivity contribution is 7.98. The van der Waals surface area contributed by atoms with E-state index in [-0.39, 0.29) is 0 Å². The van der Waals surface area contributed by atoms with E-state index in [1.807, 2.05) is 0 Å². The van der Waals surface area contributed by atoms with Crippen molar-refractivity contribution in [2.75, 3.05) is 19.3 Å².